The number of aromatic carboxylic acids is 1. The van der Waals surface area contributed by atoms with Crippen molar-refractivity contribution in [2.75, 3.05) is 18.1 Å². The molecular formula is C33H31F5NO6-. The van der Waals surface area contributed by atoms with Gasteiger partial charge in [-0.25, -0.2) is 13.6 Å². The largest absolute Gasteiger partial charge is 0.542 e. The number of hydrogen-bond donors (Lipinski definition) is 1. The van der Waals surface area contributed by atoms with Crippen LogP contribution in [0.5, 0.6) is 5.75 Å². The van der Waals surface area contributed by atoms with Gasteiger partial charge in [0, 0.05) is 18.7 Å². The van der Waals surface area contributed by atoms with E-state index in [0.717, 1.165) is 60.7 Å². The van der Waals surface area contributed by atoms with E-state index in [2.05, 4.69) is 0 Å². The number of hydrogen-bond acceptors (Lipinski definition) is 5. The Kier molecular flexibility index (Phi) is 10.1. The summed E-state index contributed by atoms with van der Waals surface area (Å²) in [5, 5.41) is 17.9. The Bertz CT molecular complexity index is 1550. The van der Waals surface area contributed by atoms with Crippen molar-refractivity contribution in [3.05, 3.63) is 83.4 Å². The third-order valence-corrected chi connectivity index (χ3v) is 8.27. The first kappa shape index (κ1) is 33.4. The molecule has 1 saturated heterocycles. The molecule has 1 saturated carbocycles. The molecule has 3 aromatic rings. The molecule has 0 unspecified atom stereocenters. The maximum atomic E-state index is 14.0. The zero-order chi connectivity index (χ0) is 32.9. The van der Waals surface area contributed by atoms with Crippen LogP contribution in [0, 0.1) is 23.0 Å². The maximum Gasteiger partial charge on any atom is 0.430 e. The average molecular weight is 633 g/mol. The monoisotopic (exact) mass is 632 g/mol. The zero-order valence-corrected chi connectivity index (χ0v) is 24.3. The van der Waals surface area contributed by atoms with Crippen LogP contribution >= 0.6 is 0 Å². The molecule has 45 heavy (non-hydrogen) atoms. The fourth-order valence-corrected chi connectivity index (χ4v) is 6.00. The van der Waals surface area contributed by atoms with Gasteiger partial charge in [-0.2, -0.15) is 13.2 Å². The smallest absolute Gasteiger partial charge is 0.430 e. The van der Waals surface area contributed by atoms with Crippen LogP contribution in [0.2, 0.25) is 0 Å². The summed E-state index contributed by atoms with van der Waals surface area (Å²) in [6.45, 7) is 3.11. The first-order valence-corrected chi connectivity index (χ1v) is 14.3. The molecule has 2 aliphatic rings. The summed E-state index contributed by atoms with van der Waals surface area (Å²) in [6, 6.07) is 16.3. The van der Waals surface area contributed by atoms with Gasteiger partial charge < -0.3 is 24.6 Å². The predicted molar refractivity (Wildman–Crippen MR) is 152 cm³/mol. The minimum Gasteiger partial charge on any atom is -0.542 e. The molecule has 1 aliphatic heterocycles. The van der Waals surface area contributed by atoms with E-state index in [4.69, 9.17) is 19.7 Å². The molecule has 5 rings (SSSR count). The SMILES string of the molecule is CCOc1ccc(-c2ccc(F)c(F)c2)c(CC2CCC3(CC2)CC(=O)N(c2ccc(C(=O)O)cc2)C3)c1.O=C([O-])C(F)(F)F. The molecule has 240 valence electrons. The van der Waals surface area contributed by atoms with Gasteiger partial charge in [0.2, 0.25) is 5.91 Å². The number of amides is 1. The highest BCUT2D eigenvalue weighted by Gasteiger charge is 2.45. The summed E-state index contributed by atoms with van der Waals surface area (Å²) < 4.78 is 64.8. The Morgan fingerprint density at radius 3 is 2.20 bits per heavy atom. The Balaban J connectivity index is 0.000000591. The maximum absolute atomic E-state index is 14.0. The first-order valence-electron chi connectivity index (χ1n) is 14.3. The molecule has 12 heteroatoms. The van der Waals surface area contributed by atoms with Crippen LogP contribution in [-0.2, 0) is 16.0 Å². The van der Waals surface area contributed by atoms with Crippen molar-refractivity contribution < 1.29 is 51.3 Å². The lowest BCUT2D eigenvalue weighted by atomic mass is 9.68. The minimum atomic E-state index is -5.19. The lowest BCUT2D eigenvalue weighted by Crippen LogP contribution is -2.37. The lowest BCUT2D eigenvalue weighted by Gasteiger charge is -2.37. The molecule has 1 spiro atoms. The number of alkyl halides is 3. The van der Waals surface area contributed by atoms with Gasteiger partial charge in [0.25, 0.3) is 0 Å². The molecule has 1 N–H and O–H groups in total. The summed E-state index contributed by atoms with van der Waals surface area (Å²) in [4.78, 5) is 34.7. The third kappa shape index (κ3) is 8.17. The highest BCUT2D eigenvalue weighted by Crippen LogP contribution is 2.48. The number of nitrogens with zero attached hydrogens (tertiary/aromatic N) is 1. The second-order valence-electron chi connectivity index (χ2n) is 11.3. The molecule has 7 nitrogen and oxygen atoms in total. The first-order chi connectivity index (χ1) is 21.2. The van der Waals surface area contributed by atoms with E-state index in [-0.39, 0.29) is 16.9 Å². The second-order valence-corrected chi connectivity index (χ2v) is 11.3. The summed E-state index contributed by atoms with van der Waals surface area (Å²) in [5.74, 6) is -4.48. The average Bonchev–Trinajstić information content (AvgIpc) is 3.31. The molecule has 1 amide bonds. The van der Waals surface area contributed by atoms with Crippen LogP contribution in [0.15, 0.2) is 60.7 Å². The Labute approximate surface area is 256 Å². The summed E-state index contributed by atoms with van der Waals surface area (Å²) in [7, 11) is 0. The molecule has 2 fully saturated rings. The van der Waals surface area contributed by atoms with E-state index in [0.29, 0.717) is 31.1 Å². The number of halogens is 5. The topological polar surface area (TPSA) is 107 Å². The molecular weight excluding hydrogens is 601 g/mol. The van der Waals surface area contributed by atoms with E-state index >= 15 is 0 Å². The molecule has 0 bridgehead atoms. The van der Waals surface area contributed by atoms with Crippen LogP contribution in [0.25, 0.3) is 11.1 Å². The number of rotatable bonds is 7. The zero-order valence-electron chi connectivity index (χ0n) is 24.3. The lowest BCUT2D eigenvalue weighted by molar-refractivity contribution is -0.344. The highest BCUT2D eigenvalue weighted by molar-refractivity contribution is 5.97. The number of aliphatic carboxylic acids is 1. The summed E-state index contributed by atoms with van der Waals surface area (Å²) in [5.41, 5.74) is 3.43. The number of carboxylic acids is 2. The molecule has 0 radical (unpaired) electrons. The van der Waals surface area contributed by atoms with E-state index in [1.807, 2.05) is 25.1 Å². The number of anilines is 1. The van der Waals surface area contributed by atoms with Gasteiger partial charge in [-0.3, -0.25) is 4.79 Å². The van der Waals surface area contributed by atoms with Crippen LogP contribution in [0.1, 0.15) is 54.9 Å². The van der Waals surface area contributed by atoms with Crippen molar-refractivity contribution in [1.29, 1.82) is 0 Å². The Hall–Kier alpha value is -4.48. The minimum absolute atomic E-state index is 0.0743. The normalized spacial score (nSPS) is 19.6. The quantitative estimate of drug-likeness (QED) is 0.312. The standard InChI is InChI=1S/C31H31F2NO4.C2HF3O2/c1-2-38-25-8-9-26(22-5-10-27(32)28(33)17-22)23(16-25)15-20-11-13-31(14-12-20)18-29(35)34(19-31)24-6-3-21(4-7-24)30(36)37;3-2(4,5)1(6)7/h3-10,16-17,20H,2,11-15,18-19H2,1H3,(H,36,37);(H,6,7)/p-1. The van der Waals surface area contributed by atoms with Gasteiger partial charge in [0.15, 0.2) is 11.6 Å². The van der Waals surface area contributed by atoms with Crippen molar-refractivity contribution in [3.63, 3.8) is 0 Å². The van der Waals surface area contributed by atoms with Crippen molar-refractivity contribution in [2.45, 2.75) is 51.6 Å². The fourth-order valence-electron chi connectivity index (χ4n) is 6.00. The van der Waals surface area contributed by atoms with Crippen molar-refractivity contribution >= 4 is 23.5 Å². The molecule has 0 atom stereocenters. The van der Waals surface area contributed by atoms with E-state index in [1.165, 1.54) is 18.2 Å². The number of carbonyl (C=O) groups excluding carboxylic acids is 2. The fraction of sp³-hybridized carbons (Fsp3) is 0.364. The van der Waals surface area contributed by atoms with Gasteiger partial charge in [0.05, 0.1) is 12.2 Å². The highest BCUT2D eigenvalue weighted by atomic mass is 19.4. The van der Waals surface area contributed by atoms with Gasteiger partial charge in [-0.05, 0) is 116 Å². The number of carboxylic acid groups (broad SMARTS) is 2. The van der Waals surface area contributed by atoms with Crippen molar-refractivity contribution in [2.24, 2.45) is 11.3 Å². The van der Waals surface area contributed by atoms with Crippen molar-refractivity contribution in [1.82, 2.24) is 0 Å². The van der Waals surface area contributed by atoms with Crippen LogP contribution in [0.3, 0.4) is 0 Å². The van der Waals surface area contributed by atoms with E-state index < -0.39 is 29.7 Å². The molecule has 0 aromatic heterocycles. The van der Waals surface area contributed by atoms with Gasteiger partial charge in [0.1, 0.15) is 11.7 Å². The van der Waals surface area contributed by atoms with E-state index in [1.54, 1.807) is 23.1 Å². The van der Waals surface area contributed by atoms with Crippen LogP contribution < -0.4 is 14.7 Å². The van der Waals surface area contributed by atoms with Crippen molar-refractivity contribution in [3.8, 4) is 16.9 Å². The van der Waals surface area contributed by atoms with Gasteiger partial charge >= 0.3 is 12.1 Å². The van der Waals surface area contributed by atoms with Crippen LogP contribution in [0.4, 0.5) is 27.6 Å². The number of carbonyl (C=O) groups is 3. The summed E-state index contributed by atoms with van der Waals surface area (Å²) >= 11 is 0. The molecule has 1 aliphatic carbocycles. The van der Waals surface area contributed by atoms with Crippen LogP contribution in [-0.4, -0.2) is 42.3 Å². The Morgan fingerprint density at radius 2 is 1.64 bits per heavy atom. The molecule has 1 heterocycles. The van der Waals surface area contributed by atoms with Gasteiger partial charge in [-0.15, -0.1) is 0 Å². The third-order valence-electron chi connectivity index (χ3n) is 8.27. The Morgan fingerprint density at radius 1 is 1.00 bits per heavy atom. The number of benzene rings is 3. The summed E-state index contributed by atoms with van der Waals surface area (Å²) in [6.07, 6.45) is -0.109. The molecule has 3 aromatic carbocycles. The number of ether oxygens (including phenoxy) is 1. The second kappa shape index (κ2) is 13.7. The van der Waals surface area contributed by atoms with Gasteiger partial charge in [-0.1, -0.05) is 12.1 Å². The predicted octanol–water partition coefficient (Wildman–Crippen LogP) is 6.18. The van der Waals surface area contributed by atoms with E-state index in [9.17, 15) is 31.5 Å².